The highest BCUT2D eigenvalue weighted by atomic mass is 35.5. The molecule has 1 aromatic rings. The van der Waals surface area contributed by atoms with E-state index in [0.717, 1.165) is 25.9 Å². The number of halogens is 1. The summed E-state index contributed by atoms with van der Waals surface area (Å²) in [6, 6.07) is 6.88. The zero-order valence-corrected chi connectivity index (χ0v) is 14.8. The van der Waals surface area contributed by atoms with Gasteiger partial charge in [0.2, 0.25) is 0 Å². The van der Waals surface area contributed by atoms with E-state index >= 15 is 0 Å². The van der Waals surface area contributed by atoms with Crippen molar-refractivity contribution in [2.45, 2.75) is 19.8 Å². The Bertz CT molecular complexity index is 555. The van der Waals surface area contributed by atoms with Gasteiger partial charge < -0.3 is 15.5 Å². The third kappa shape index (κ3) is 5.22. The third-order valence-electron chi connectivity index (χ3n) is 4.26. The molecule has 1 aliphatic rings. The van der Waals surface area contributed by atoms with Gasteiger partial charge >= 0.3 is 0 Å². The van der Waals surface area contributed by atoms with Crippen LogP contribution in [-0.4, -0.2) is 50.4 Å². The molecule has 1 aliphatic heterocycles. The third-order valence-corrected chi connectivity index (χ3v) is 4.26. The molecule has 0 bridgehead atoms. The number of hydrogen-bond donors (Lipinski definition) is 2. The maximum absolute atomic E-state index is 12.3. The molecule has 0 aromatic heterocycles. The van der Waals surface area contributed by atoms with E-state index in [1.807, 2.05) is 0 Å². The van der Waals surface area contributed by atoms with Crippen molar-refractivity contribution in [2.75, 3.05) is 33.7 Å². The molecular weight excluding hydrogens is 314 g/mol. The summed E-state index contributed by atoms with van der Waals surface area (Å²) in [5.41, 5.74) is 1.22. The lowest BCUT2D eigenvalue weighted by Gasteiger charge is -2.34. The van der Waals surface area contributed by atoms with Crippen LogP contribution in [0.25, 0.3) is 0 Å². The summed E-state index contributed by atoms with van der Waals surface area (Å²) in [5.74, 6) is -0.215. The van der Waals surface area contributed by atoms with Crippen LogP contribution in [0.5, 0.6) is 0 Å². The van der Waals surface area contributed by atoms with Gasteiger partial charge in [-0.2, -0.15) is 0 Å². The predicted octanol–water partition coefficient (Wildman–Crippen LogP) is 1.93. The van der Waals surface area contributed by atoms with Crippen LogP contribution in [0.15, 0.2) is 24.3 Å². The van der Waals surface area contributed by atoms with E-state index in [1.165, 1.54) is 4.90 Å². The quantitative estimate of drug-likeness (QED) is 0.881. The topological polar surface area (TPSA) is 61.4 Å². The number of carbonyl (C=O) groups excluding carboxylic acids is 2. The first-order chi connectivity index (χ1) is 10.4. The lowest BCUT2D eigenvalue weighted by Crippen LogP contribution is -2.42. The van der Waals surface area contributed by atoms with Crippen LogP contribution in [0.2, 0.25) is 0 Å². The molecule has 1 fully saturated rings. The fraction of sp³-hybridized carbons (Fsp3) is 0.529. The van der Waals surface area contributed by atoms with Gasteiger partial charge in [0.1, 0.15) is 0 Å². The Labute approximate surface area is 144 Å². The summed E-state index contributed by atoms with van der Waals surface area (Å²) >= 11 is 0. The molecule has 0 aliphatic carbocycles. The Morgan fingerprint density at radius 2 is 1.83 bits per heavy atom. The van der Waals surface area contributed by atoms with Crippen LogP contribution >= 0.6 is 12.4 Å². The zero-order chi connectivity index (χ0) is 16.2. The van der Waals surface area contributed by atoms with Crippen LogP contribution in [0.4, 0.5) is 0 Å². The number of nitrogens with zero attached hydrogens (tertiary/aromatic N) is 1. The fourth-order valence-electron chi connectivity index (χ4n) is 2.65. The normalized spacial score (nSPS) is 16.1. The van der Waals surface area contributed by atoms with Gasteiger partial charge in [-0.25, -0.2) is 0 Å². The highest BCUT2D eigenvalue weighted by Crippen LogP contribution is 2.26. The van der Waals surface area contributed by atoms with Crippen molar-refractivity contribution < 1.29 is 9.59 Å². The van der Waals surface area contributed by atoms with E-state index in [4.69, 9.17) is 0 Å². The van der Waals surface area contributed by atoms with Gasteiger partial charge in [-0.15, -0.1) is 12.4 Å². The molecule has 1 aromatic carbocycles. The molecular formula is C17H26ClN3O2. The first-order valence-electron chi connectivity index (χ1n) is 7.72. The smallest absolute Gasteiger partial charge is 0.253 e. The molecule has 5 nitrogen and oxygen atoms in total. The molecule has 0 radical (unpaired) electrons. The van der Waals surface area contributed by atoms with Crippen LogP contribution < -0.4 is 10.6 Å². The Kier molecular flexibility index (Phi) is 7.03. The molecule has 0 spiro atoms. The lowest BCUT2D eigenvalue weighted by atomic mass is 9.81. The first kappa shape index (κ1) is 19.5. The summed E-state index contributed by atoms with van der Waals surface area (Å²) in [6.07, 6.45) is 2.12. The van der Waals surface area contributed by atoms with Crippen molar-refractivity contribution in [1.29, 1.82) is 0 Å². The number of nitrogens with one attached hydrogen (secondary N) is 2. The zero-order valence-electron chi connectivity index (χ0n) is 14.0. The second-order valence-corrected chi connectivity index (χ2v) is 6.52. The van der Waals surface area contributed by atoms with Crippen LogP contribution in [0.3, 0.4) is 0 Å². The number of hydrogen-bond acceptors (Lipinski definition) is 3. The van der Waals surface area contributed by atoms with Crippen molar-refractivity contribution in [2.24, 2.45) is 5.41 Å². The van der Waals surface area contributed by atoms with Crippen LogP contribution in [0, 0.1) is 5.41 Å². The van der Waals surface area contributed by atoms with Crippen molar-refractivity contribution in [3.63, 3.8) is 0 Å². The molecule has 1 saturated heterocycles. The molecule has 2 amide bonds. The standard InChI is InChI=1S/C17H25N3O2.ClH/c1-17(7-9-18-10-8-17)12-19-15(21)13-5-4-6-14(11-13)16(22)20(2)3;/h4-6,11,18H,7-10,12H2,1-3H3,(H,19,21);1H. The lowest BCUT2D eigenvalue weighted by molar-refractivity contribution is 0.0827. The minimum atomic E-state index is -0.117. The van der Waals surface area contributed by atoms with E-state index in [-0.39, 0.29) is 29.6 Å². The average molecular weight is 340 g/mol. The van der Waals surface area contributed by atoms with E-state index < -0.39 is 0 Å². The van der Waals surface area contributed by atoms with E-state index in [9.17, 15) is 9.59 Å². The molecule has 0 atom stereocenters. The highest BCUT2D eigenvalue weighted by Gasteiger charge is 2.27. The van der Waals surface area contributed by atoms with Crippen molar-refractivity contribution in [3.05, 3.63) is 35.4 Å². The number of amides is 2. The Balaban J connectivity index is 0.00000264. The minimum absolute atomic E-state index is 0. The summed E-state index contributed by atoms with van der Waals surface area (Å²) in [7, 11) is 3.40. The molecule has 128 valence electrons. The van der Waals surface area contributed by atoms with Crippen LogP contribution in [0.1, 0.15) is 40.5 Å². The second-order valence-electron chi connectivity index (χ2n) is 6.52. The highest BCUT2D eigenvalue weighted by molar-refractivity contribution is 5.99. The van der Waals surface area contributed by atoms with Gasteiger partial charge in [-0.1, -0.05) is 13.0 Å². The number of rotatable bonds is 4. The first-order valence-corrected chi connectivity index (χ1v) is 7.72. The molecule has 1 heterocycles. The van der Waals surface area contributed by atoms with Crippen molar-refractivity contribution in [3.8, 4) is 0 Å². The summed E-state index contributed by atoms with van der Waals surface area (Å²) in [5, 5.41) is 6.35. The fourth-order valence-corrected chi connectivity index (χ4v) is 2.65. The van der Waals surface area contributed by atoms with E-state index in [0.29, 0.717) is 17.7 Å². The van der Waals surface area contributed by atoms with Gasteiger partial charge in [0, 0.05) is 31.8 Å². The number of carbonyl (C=O) groups is 2. The average Bonchev–Trinajstić information content (AvgIpc) is 2.52. The molecule has 0 unspecified atom stereocenters. The predicted molar refractivity (Wildman–Crippen MR) is 94.3 cm³/mol. The maximum atomic E-state index is 12.3. The molecule has 0 saturated carbocycles. The molecule has 2 N–H and O–H groups in total. The summed E-state index contributed by atoms with van der Waals surface area (Å²) in [4.78, 5) is 25.8. The molecule has 2 rings (SSSR count). The summed E-state index contributed by atoms with van der Waals surface area (Å²) in [6.45, 7) is 4.87. The summed E-state index contributed by atoms with van der Waals surface area (Å²) < 4.78 is 0. The van der Waals surface area contributed by atoms with Crippen molar-refractivity contribution >= 4 is 24.2 Å². The van der Waals surface area contributed by atoms with Gasteiger partial charge in [-0.05, 0) is 49.5 Å². The van der Waals surface area contributed by atoms with E-state index in [2.05, 4.69) is 17.6 Å². The van der Waals surface area contributed by atoms with Gasteiger partial charge in [0.25, 0.3) is 11.8 Å². The van der Waals surface area contributed by atoms with Crippen molar-refractivity contribution in [1.82, 2.24) is 15.5 Å². The van der Waals surface area contributed by atoms with Gasteiger partial charge in [0.05, 0.1) is 0 Å². The largest absolute Gasteiger partial charge is 0.351 e. The van der Waals surface area contributed by atoms with Gasteiger partial charge in [0.15, 0.2) is 0 Å². The van der Waals surface area contributed by atoms with E-state index in [1.54, 1.807) is 38.4 Å². The second kappa shape index (κ2) is 8.31. The van der Waals surface area contributed by atoms with Gasteiger partial charge in [-0.3, -0.25) is 9.59 Å². The Morgan fingerprint density at radius 3 is 2.43 bits per heavy atom. The Morgan fingerprint density at radius 1 is 1.22 bits per heavy atom. The SMILES string of the molecule is CN(C)C(=O)c1cccc(C(=O)NCC2(C)CCNCC2)c1.Cl. The molecule has 6 heteroatoms. The number of benzene rings is 1. The molecule has 23 heavy (non-hydrogen) atoms. The monoisotopic (exact) mass is 339 g/mol. The van der Waals surface area contributed by atoms with Crippen LogP contribution in [-0.2, 0) is 0 Å². The Hall–Kier alpha value is -1.59. The maximum Gasteiger partial charge on any atom is 0.253 e. The number of piperidine rings is 1. The minimum Gasteiger partial charge on any atom is -0.351 e.